The molecule has 0 saturated carbocycles. The highest BCUT2D eigenvalue weighted by Crippen LogP contribution is 2.30. The van der Waals surface area contributed by atoms with E-state index in [1.165, 1.54) is 12.1 Å². The maximum Gasteiger partial charge on any atom is 0.270 e. The zero-order chi connectivity index (χ0) is 20.1. The van der Waals surface area contributed by atoms with E-state index in [1.54, 1.807) is 6.07 Å². The van der Waals surface area contributed by atoms with Crippen LogP contribution in [0.25, 0.3) is 0 Å². The Morgan fingerprint density at radius 1 is 1.21 bits per heavy atom. The average molecular weight is 379 g/mol. The molecular formula is C21H21N3O4. The fraction of sp³-hybridized carbons (Fsp3) is 0.190. The van der Waals surface area contributed by atoms with Crippen LogP contribution >= 0.6 is 0 Å². The molecule has 2 aromatic carbocycles. The molecule has 2 N–H and O–H groups in total. The number of carbonyl (C=O) groups is 1. The predicted octanol–water partition coefficient (Wildman–Crippen LogP) is 4.70. The van der Waals surface area contributed by atoms with Crippen LogP contribution < -0.4 is 15.4 Å². The number of ether oxygens (including phenoxy) is 1. The molecule has 28 heavy (non-hydrogen) atoms. The summed E-state index contributed by atoms with van der Waals surface area (Å²) in [5, 5.41) is 16.9. The number of benzene rings is 2. The molecular weight excluding hydrogens is 358 g/mol. The fourth-order valence-electron chi connectivity index (χ4n) is 2.81. The Hall–Kier alpha value is -3.61. The lowest BCUT2D eigenvalue weighted by Gasteiger charge is -2.28. The number of amides is 1. The molecule has 0 aliphatic carbocycles. The predicted molar refractivity (Wildman–Crippen MR) is 107 cm³/mol. The fourth-order valence-corrected chi connectivity index (χ4v) is 2.81. The third-order valence-electron chi connectivity index (χ3n) is 4.29. The molecule has 0 aromatic heterocycles. The van der Waals surface area contributed by atoms with Crippen molar-refractivity contribution in [3.8, 4) is 5.75 Å². The van der Waals surface area contributed by atoms with Gasteiger partial charge in [0.15, 0.2) is 0 Å². The van der Waals surface area contributed by atoms with Gasteiger partial charge >= 0.3 is 0 Å². The van der Waals surface area contributed by atoms with Crippen molar-refractivity contribution in [2.24, 2.45) is 0 Å². The lowest BCUT2D eigenvalue weighted by Crippen LogP contribution is -2.38. The van der Waals surface area contributed by atoms with Crippen LogP contribution in [0, 0.1) is 10.1 Å². The minimum Gasteiger partial charge on any atom is -0.458 e. The molecule has 7 nitrogen and oxygen atoms in total. The maximum absolute atomic E-state index is 12.4. The number of nitro groups is 1. The van der Waals surface area contributed by atoms with Gasteiger partial charge in [-0.05, 0) is 49.3 Å². The van der Waals surface area contributed by atoms with Crippen LogP contribution in [0.15, 0.2) is 66.5 Å². The number of rotatable bonds is 6. The van der Waals surface area contributed by atoms with Crippen molar-refractivity contribution in [2.45, 2.75) is 26.4 Å². The Morgan fingerprint density at radius 2 is 1.96 bits per heavy atom. The zero-order valence-corrected chi connectivity index (χ0v) is 15.6. The lowest BCUT2D eigenvalue weighted by atomic mass is 10.0. The molecule has 144 valence electrons. The van der Waals surface area contributed by atoms with Crippen molar-refractivity contribution < 1.29 is 14.5 Å². The van der Waals surface area contributed by atoms with Crippen LogP contribution in [0.3, 0.4) is 0 Å². The largest absolute Gasteiger partial charge is 0.458 e. The van der Waals surface area contributed by atoms with Crippen molar-refractivity contribution in [3.05, 3.63) is 87.7 Å². The smallest absolute Gasteiger partial charge is 0.270 e. The van der Waals surface area contributed by atoms with E-state index in [2.05, 4.69) is 17.6 Å². The van der Waals surface area contributed by atoms with E-state index >= 15 is 0 Å². The van der Waals surface area contributed by atoms with Gasteiger partial charge in [-0.1, -0.05) is 25.1 Å². The number of nitrogens with one attached hydrogen (secondary N) is 2. The van der Waals surface area contributed by atoms with Crippen LogP contribution in [-0.2, 0) is 0 Å². The molecule has 0 fully saturated rings. The summed E-state index contributed by atoms with van der Waals surface area (Å²) in [6.07, 6.45) is 6.33. The molecule has 3 rings (SSSR count). The van der Waals surface area contributed by atoms with Gasteiger partial charge in [0.25, 0.3) is 11.6 Å². The Labute approximate surface area is 162 Å². The Morgan fingerprint density at radius 3 is 2.61 bits per heavy atom. The molecule has 0 bridgehead atoms. The van der Waals surface area contributed by atoms with E-state index in [0.717, 1.165) is 17.7 Å². The summed E-state index contributed by atoms with van der Waals surface area (Å²) in [7, 11) is 0. The number of nitro benzene ring substituents is 1. The summed E-state index contributed by atoms with van der Waals surface area (Å²) in [6.45, 7) is 3.97. The molecule has 2 aromatic rings. The number of hydrogen-bond donors (Lipinski definition) is 2. The minimum absolute atomic E-state index is 0.118. The third kappa shape index (κ3) is 4.20. The van der Waals surface area contributed by atoms with Gasteiger partial charge in [-0.2, -0.15) is 0 Å². The molecule has 1 aliphatic heterocycles. The number of nitrogens with zero attached hydrogens (tertiary/aromatic N) is 1. The monoisotopic (exact) mass is 379 g/mol. The first kappa shape index (κ1) is 19.2. The van der Waals surface area contributed by atoms with Gasteiger partial charge in [0.05, 0.1) is 10.5 Å². The second kappa shape index (κ2) is 8.39. The number of non-ortho nitro benzene ring substituents is 1. The van der Waals surface area contributed by atoms with Crippen LogP contribution in [0.4, 0.5) is 11.4 Å². The lowest BCUT2D eigenvalue weighted by molar-refractivity contribution is -0.384. The van der Waals surface area contributed by atoms with E-state index in [4.69, 9.17) is 4.74 Å². The standard InChI is InChI=1S/C21H21N3O4/c1-3-5-6-16(4-2)28-17-10-7-14(8-11-17)20-22-19-12-9-15(24(26)27)13-18(19)21(25)23-20/h4-13,20,22H,3H2,1-2H3,(H,23,25)/b6-5-,16-4+. The molecule has 0 spiro atoms. The van der Waals surface area contributed by atoms with Gasteiger partial charge in [-0.25, -0.2) is 0 Å². The van der Waals surface area contributed by atoms with Gasteiger partial charge in [0.1, 0.15) is 17.7 Å². The minimum atomic E-state index is -0.521. The Kier molecular flexibility index (Phi) is 5.74. The van der Waals surface area contributed by atoms with Crippen molar-refractivity contribution >= 4 is 17.3 Å². The quantitative estimate of drug-likeness (QED) is 0.328. The molecule has 1 amide bonds. The second-order valence-electron chi connectivity index (χ2n) is 6.21. The normalized spacial score (nSPS) is 16.3. The summed E-state index contributed by atoms with van der Waals surface area (Å²) in [5.41, 5.74) is 1.54. The van der Waals surface area contributed by atoms with Crippen molar-refractivity contribution in [2.75, 3.05) is 5.32 Å². The number of fused-ring (bicyclic) bond motifs is 1. The van der Waals surface area contributed by atoms with Gasteiger partial charge in [-0.15, -0.1) is 0 Å². The van der Waals surface area contributed by atoms with E-state index in [0.29, 0.717) is 11.4 Å². The molecule has 7 heteroatoms. The number of hydrogen-bond acceptors (Lipinski definition) is 5. The van der Waals surface area contributed by atoms with E-state index in [1.807, 2.05) is 49.4 Å². The molecule has 0 saturated heterocycles. The van der Waals surface area contributed by atoms with Gasteiger partial charge in [0.2, 0.25) is 0 Å². The topological polar surface area (TPSA) is 93.5 Å². The van der Waals surface area contributed by atoms with Crippen LogP contribution in [0.5, 0.6) is 5.75 Å². The summed E-state index contributed by atoms with van der Waals surface area (Å²) < 4.78 is 5.82. The summed E-state index contributed by atoms with van der Waals surface area (Å²) in [4.78, 5) is 22.8. The molecule has 1 heterocycles. The van der Waals surface area contributed by atoms with E-state index < -0.39 is 11.1 Å². The summed E-state index contributed by atoms with van der Waals surface area (Å²) >= 11 is 0. The highest BCUT2D eigenvalue weighted by atomic mass is 16.6. The van der Waals surface area contributed by atoms with Gasteiger partial charge in [-0.3, -0.25) is 14.9 Å². The Bertz CT molecular complexity index is 949. The SMILES string of the molecule is C/C=C(\C=C/CC)Oc1ccc(C2NC(=O)c3cc([N+](=O)[O-])ccc3N2)cc1. The molecule has 1 unspecified atom stereocenters. The molecule has 0 radical (unpaired) electrons. The van der Waals surface area contributed by atoms with Gasteiger partial charge in [0, 0.05) is 17.8 Å². The van der Waals surface area contributed by atoms with Crippen LogP contribution in [0.2, 0.25) is 0 Å². The highest BCUT2D eigenvalue weighted by Gasteiger charge is 2.26. The van der Waals surface area contributed by atoms with Crippen LogP contribution in [0.1, 0.15) is 42.4 Å². The number of allylic oxidation sites excluding steroid dienone is 3. The number of anilines is 1. The van der Waals surface area contributed by atoms with Crippen molar-refractivity contribution in [1.82, 2.24) is 5.32 Å². The van der Waals surface area contributed by atoms with Crippen molar-refractivity contribution in [3.63, 3.8) is 0 Å². The second-order valence-corrected chi connectivity index (χ2v) is 6.21. The maximum atomic E-state index is 12.4. The van der Waals surface area contributed by atoms with E-state index in [9.17, 15) is 14.9 Å². The first-order valence-corrected chi connectivity index (χ1v) is 8.98. The average Bonchev–Trinajstić information content (AvgIpc) is 2.71. The zero-order valence-electron chi connectivity index (χ0n) is 15.6. The number of carbonyl (C=O) groups excluding carboxylic acids is 1. The first-order chi connectivity index (χ1) is 13.5. The summed E-state index contributed by atoms with van der Waals surface area (Å²) in [5.74, 6) is 1.09. The van der Waals surface area contributed by atoms with E-state index in [-0.39, 0.29) is 17.2 Å². The van der Waals surface area contributed by atoms with Crippen LogP contribution in [-0.4, -0.2) is 10.8 Å². The van der Waals surface area contributed by atoms with Gasteiger partial charge < -0.3 is 15.4 Å². The first-order valence-electron chi connectivity index (χ1n) is 8.98. The molecule has 1 aliphatic rings. The third-order valence-corrected chi connectivity index (χ3v) is 4.29. The Balaban J connectivity index is 1.75. The highest BCUT2D eigenvalue weighted by molar-refractivity contribution is 6.02. The summed E-state index contributed by atoms with van der Waals surface area (Å²) in [6, 6.07) is 11.6. The van der Waals surface area contributed by atoms with Crippen molar-refractivity contribution in [1.29, 1.82) is 0 Å². The molecule has 1 atom stereocenters.